The van der Waals surface area contributed by atoms with Gasteiger partial charge in [0, 0.05) is 44.2 Å². The fraction of sp³-hybridized carbons (Fsp3) is 0.719. The number of ether oxygens (including phenoxy) is 2. The van der Waals surface area contributed by atoms with E-state index in [0.717, 1.165) is 88.0 Å². The molecule has 11 heteroatoms. The molecule has 3 fully saturated rings. The summed E-state index contributed by atoms with van der Waals surface area (Å²) >= 11 is 0. The van der Waals surface area contributed by atoms with Crippen LogP contribution in [0.2, 0.25) is 0 Å². The summed E-state index contributed by atoms with van der Waals surface area (Å²) in [6.07, 6.45) is 8.62. The van der Waals surface area contributed by atoms with Gasteiger partial charge in [-0.1, -0.05) is 11.6 Å². The first-order chi connectivity index (χ1) is 20.5. The van der Waals surface area contributed by atoms with Gasteiger partial charge in [-0.2, -0.15) is 4.98 Å². The molecule has 0 radical (unpaired) electrons. The molecule has 2 aromatic rings. The van der Waals surface area contributed by atoms with Crippen LogP contribution in [0.15, 0.2) is 10.6 Å². The topological polar surface area (TPSA) is 114 Å². The third-order valence-corrected chi connectivity index (χ3v) is 9.76. The molecule has 0 N–H and O–H groups in total. The maximum absolute atomic E-state index is 13.2. The average Bonchev–Trinajstić information content (AvgIpc) is 3.72. The van der Waals surface area contributed by atoms with Gasteiger partial charge in [-0.15, -0.1) is 0 Å². The fourth-order valence-electron chi connectivity index (χ4n) is 7.24. The smallest absolute Gasteiger partial charge is 0.410 e. The van der Waals surface area contributed by atoms with Crippen molar-refractivity contribution >= 4 is 17.7 Å². The molecule has 234 valence electrons. The highest BCUT2D eigenvalue weighted by Crippen LogP contribution is 2.47. The Kier molecular flexibility index (Phi) is 8.12. The van der Waals surface area contributed by atoms with E-state index in [-0.39, 0.29) is 17.9 Å². The average molecular weight is 595 g/mol. The molecule has 2 aromatic heterocycles. The van der Waals surface area contributed by atoms with E-state index in [9.17, 15) is 9.59 Å². The summed E-state index contributed by atoms with van der Waals surface area (Å²) < 4.78 is 17.9. The van der Waals surface area contributed by atoms with Crippen LogP contribution < -0.4 is 9.64 Å². The molecule has 6 rings (SSSR count). The van der Waals surface area contributed by atoms with Gasteiger partial charge in [0.05, 0.1) is 11.5 Å². The van der Waals surface area contributed by atoms with E-state index in [2.05, 4.69) is 22.0 Å². The molecule has 4 aliphatic rings. The van der Waals surface area contributed by atoms with Gasteiger partial charge in [0.15, 0.2) is 17.3 Å². The van der Waals surface area contributed by atoms with Crippen molar-refractivity contribution in [3.05, 3.63) is 17.4 Å². The monoisotopic (exact) mass is 594 g/mol. The number of carbonyl (C=O) groups excluding carboxylic acids is 2. The van der Waals surface area contributed by atoms with Crippen molar-refractivity contribution in [1.82, 2.24) is 24.9 Å². The highest BCUT2D eigenvalue weighted by molar-refractivity contribution is 5.91. The Hall–Kier alpha value is -3.21. The zero-order chi connectivity index (χ0) is 30.4. The number of anilines is 1. The first-order valence-electron chi connectivity index (χ1n) is 16.0. The zero-order valence-electron chi connectivity index (χ0n) is 26.4. The van der Waals surface area contributed by atoms with Gasteiger partial charge < -0.3 is 28.7 Å². The van der Waals surface area contributed by atoms with Gasteiger partial charge in [0.25, 0.3) is 0 Å². The van der Waals surface area contributed by atoms with E-state index in [1.165, 1.54) is 0 Å². The van der Waals surface area contributed by atoms with Crippen molar-refractivity contribution in [2.75, 3.05) is 45.2 Å². The maximum atomic E-state index is 13.2. The van der Waals surface area contributed by atoms with E-state index >= 15 is 0 Å². The minimum atomic E-state index is -0.560. The van der Waals surface area contributed by atoms with Crippen LogP contribution >= 0.6 is 0 Å². The van der Waals surface area contributed by atoms with Crippen LogP contribution in [0.5, 0.6) is 5.88 Å². The van der Waals surface area contributed by atoms with Gasteiger partial charge in [0.1, 0.15) is 23.8 Å². The third-order valence-electron chi connectivity index (χ3n) is 9.76. The zero-order valence-corrected chi connectivity index (χ0v) is 26.4. The second-order valence-corrected chi connectivity index (χ2v) is 13.9. The molecule has 4 heterocycles. The number of ketones is 1. The largest absolute Gasteiger partial charge is 0.476 e. The van der Waals surface area contributed by atoms with Gasteiger partial charge in [-0.25, -0.2) is 9.78 Å². The maximum Gasteiger partial charge on any atom is 0.410 e. The summed E-state index contributed by atoms with van der Waals surface area (Å²) in [5, 5.41) is 4.51. The number of hydrogen-bond donors (Lipinski definition) is 0. The highest BCUT2D eigenvalue weighted by Gasteiger charge is 2.48. The Morgan fingerprint density at radius 1 is 1.12 bits per heavy atom. The van der Waals surface area contributed by atoms with Crippen LogP contribution in [-0.2, 0) is 21.4 Å². The normalized spacial score (nSPS) is 26.2. The molecular weight excluding hydrogens is 548 g/mol. The molecular formula is C32H46N6O5. The van der Waals surface area contributed by atoms with E-state index in [1.54, 1.807) is 11.9 Å². The number of aromatic nitrogens is 3. The van der Waals surface area contributed by atoms with Gasteiger partial charge in [0.2, 0.25) is 5.88 Å². The molecule has 1 amide bonds. The predicted molar refractivity (Wildman–Crippen MR) is 161 cm³/mol. The molecule has 1 saturated carbocycles. The lowest BCUT2D eigenvalue weighted by atomic mass is 9.64. The standard InChI is InChI=1S/C32H46N6O5/c1-31(2,3)42-30(40)37(5)21-13-17-38(19-21)25-18-26(41-20-22-10-9-16-36(22)4)34-29(33-25)27-23-11-8-15-32(28(23)43-35-27)14-7-6-12-24(32)39/h18,21-22H,6-17,19-20H2,1-5H3/t21?,22-,32+/m0/s1. The van der Waals surface area contributed by atoms with E-state index in [0.29, 0.717) is 43.0 Å². The summed E-state index contributed by atoms with van der Waals surface area (Å²) in [6, 6.07) is 2.23. The van der Waals surface area contributed by atoms with E-state index in [4.69, 9.17) is 24.0 Å². The highest BCUT2D eigenvalue weighted by atomic mass is 16.6. The summed E-state index contributed by atoms with van der Waals surface area (Å²) in [7, 11) is 3.93. The Labute approximate surface area is 254 Å². The van der Waals surface area contributed by atoms with Crippen molar-refractivity contribution in [3.8, 4) is 17.4 Å². The Balaban J connectivity index is 1.30. The summed E-state index contributed by atoms with van der Waals surface area (Å²) in [5.41, 5.74) is 0.459. The minimum absolute atomic E-state index is 0.0123. The predicted octanol–water partition coefficient (Wildman–Crippen LogP) is 4.77. The molecule has 0 aromatic carbocycles. The molecule has 0 bridgehead atoms. The first kappa shape index (κ1) is 29.8. The van der Waals surface area contributed by atoms with Crippen LogP contribution in [-0.4, -0.2) is 94.8 Å². The SMILES string of the molecule is CN(C(=O)OC(C)(C)C)C1CCN(c2cc(OC[C@@H]3CCCN3C)nc(-c3noc4c3CCC[C@@]43CCCCC3=O)n2)C1. The lowest BCUT2D eigenvalue weighted by molar-refractivity contribution is -0.128. The fourth-order valence-corrected chi connectivity index (χ4v) is 7.24. The number of carbonyl (C=O) groups is 2. The molecule has 11 nitrogen and oxygen atoms in total. The second kappa shape index (κ2) is 11.7. The summed E-state index contributed by atoms with van der Waals surface area (Å²) in [5.74, 6) is 2.69. The number of rotatable bonds is 6. The van der Waals surface area contributed by atoms with Gasteiger partial charge in [-0.05, 0) is 85.7 Å². The Bertz CT molecular complexity index is 1350. The Morgan fingerprint density at radius 2 is 1.93 bits per heavy atom. The van der Waals surface area contributed by atoms with Crippen LogP contribution in [0.4, 0.5) is 10.6 Å². The molecule has 2 saturated heterocycles. The summed E-state index contributed by atoms with van der Waals surface area (Å²) in [6.45, 7) is 8.59. The molecule has 2 aliphatic carbocycles. The van der Waals surface area contributed by atoms with E-state index < -0.39 is 11.0 Å². The Morgan fingerprint density at radius 3 is 2.67 bits per heavy atom. The number of likely N-dealkylation sites (tertiary alicyclic amines) is 1. The lowest BCUT2D eigenvalue weighted by Crippen LogP contribution is -2.42. The second-order valence-electron chi connectivity index (χ2n) is 13.9. The van der Waals surface area contributed by atoms with Crippen molar-refractivity contribution in [2.45, 2.75) is 108 Å². The number of amides is 1. The number of hydrogen-bond acceptors (Lipinski definition) is 10. The molecule has 3 atom stereocenters. The van der Waals surface area contributed by atoms with Crippen molar-refractivity contribution in [1.29, 1.82) is 0 Å². The molecule has 43 heavy (non-hydrogen) atoms. The number of likely N-dealkylation sites (N-methyl/N-ethyl adjacent to an activating group) is 2. The van der Waals surface area contributed by atoms with Crippen LogP contribution in [0, 0.1) is 0 Å². The van der Waals surface area contributed by atoms with Crippen molar-refractivity contribution < 1.29 is 23.6 Å². The third kappa shape index (κ3) is 5.97. The number of nitrogens with zero attached hydrogens (tertiary/aromatic N) is 6. The minimum Gasteiger partial charge on any atom is -0.476 e. The first-order valence-corrected chi connectivity index (χ1v) is 16.0. The summed E-state index contributed by atoms with van der Waals surface area (Å²) in [4.78, 5) is 42.0. The molecule has 1 spiro atoms. The van der Waals surface area contributed by atoms with Crippen molar-refractivity contribution in [3.63, 3.8) is 0 Å². The van der Waals surface area contributed by atoms with E-state index in [1.807, 2.05) is 26.8 Å². The van der Waals surface area contributed by atoms with Crippen LogP contribution in [0.25, 0.3) is 11.5 Å². The quantitative estimate of drug-likeness (QED) is 0.463. The van der Waals surface area contributed by atoms with Crippen molar-refractivity contribution in [2.24, 2.45) is 0 Å². The molecule has 2 aliphatic heterocycles. The number of fused-ring (bicyclic) bond motifs is 2. The molecule has 1 unspecified atom stereocenters. The van der Waals surface area contributed by atoms with Gasteiger partial charge >= 0.3 is 6.09 Å². The number of Topliss-reactive ketones (excluding diaryl/α,β-unsaturated/α-hetero) is 1. The van der Waals surface area contributed by atoms with Crippen LogP contribution in [0.1, 0.15) is 89.9 Å². The van der Waals surface area contributed by atoms with Gasteiger partial charge in [-0.3, -0.25) is 4.79 Å². The van der Waals surface area contributed by atoms with Crippen LogP contribution in [0.3, 0.4) is 0 Å². The lowest BCUT2D eigenvalue weighted by Gasteiger charge is -2.36.